The normalized spacial score (nSPS) is 12.6. The van der Waals surface area contributed by atoms with Crippen molar-refractivity contribution in [1.29, 1.82) is 0 Å². The van der Waals surface area contributed by atoms with Crippen molar-refractivity contribution in [1.82, 2.24) is 5.32 Å². The molecular formula is C16H20BrNS. The van der Waals surface area contributed by atoms with Gasteiger partial charge in [-0.15, -0.1) is 11.3 Å². The van der Waals surface area contributed by atoms with Gasteiger partial charge in [-0.05, 0) is 66.0 Å². The Morgan fingerprint density at radius 2 is 2.00 bits per heavy atom. The lowest BCUT2D eigenvalue weighted by atomic mass is 9.98. The van der Waals surface area contributed by atoms with E-state index in [1.807, 2.05) is 11.3 Å². The largest absolute Gasteiger partial charge is 0.306 e. The van der Waals surface area contributed by atoms with E-state index in [-0.39, 0.29) is 0 Å². The lowest BCUT2D eigenvalue weighted by molar-refractivity contribution is 0.603. The molecule has 2 aromatic rings. The molecule has 1 unspecified atom stereocenters. The number of hydrogen-bond donors (Lipinski definition) is 1. The summed E-state index contributed by atoms with van der Waals surface area (Å²) in [4.78, 5) is 1.37. The summed E-state index contributed by atoms with van der Waals surface area (Å²) in [6.07, 6.45) is 1.15. The van der Waals surface area contributed by atoms with E-state index in [9.17, 15) is 0 Å². The van der Waals surface area contributed by atoms with Crippen molar-refractivity contribution < 1.29 is 0 Å². The van der Waals surface area contributed by atoms with E-state index >= 15 is 0 Å². The Morgan fingerprint density at radius 1 is 1.21 bits per heavy atom. The minimum Gasteiger partial charge on any atom is -0.306 e. The van der Waals surface area contributed by atoms with Gasteiger partial charge in [0.15, 0.2) is 0 Å². The van der Waals surface area contributed by atoms with E-state index in [0.717, 1.165) is 13.0 Å². The average Bonchev–Trinajstić information content (AvgIpc) is 2.78. The fourth-order valence-electron chi connectivity index (χ4n) is 2.29. The Kier molecular flexibility index (Phi) is 5.20. The highest BCUT2D eigenvalue weighted by atomic mass is 79.9. The second-order valence-electron chi connectivity index (χ2n) is 4.89. The second kappa shape index (κ2) is 6.69. The number of halogens is 1. The summed E-state index contributed by atoms with van der Waals surface area (Å²) in [6, 6.07) is 11.4. The van der Waals surface area contributed by atoms with Crippen molar-refractivity contribution in [2.24, 2.45) is 0 Å². The van der Waals surface area contributed by atoms with E-state index in [1.165, 1.54) is 25.4 Å². The summed E-state index contributed by atoms with van der Waals surface area (Å²) < 4.78 is 1.19. The van der Waals surface area contributed by atoms with Gasteiger partial charge in [-0.25, -0.2) is 0 Å². The monoisotopic (exact) mass is 337 g/mol. The maximum atomic E-state index is 3.67. The molecule has 102 valence electrons. The SMILES string of the molecule is CCCNC(c1ccc(Br)s1)c1ccc(C)cc1C. The molecular weight excluding hydrogens is 318 g/mol. The Hall–Kier alpha value is -0.640. The quantitative estimate of drug-likeness (QED) is 0.788. The van der Waals surface area contributed by atoms with Crippen LogP contribution in [0.1, 0.15) is 41.0 Å². The molecule has 0 aliphatic rings. The zero-order valence-corrected chi connectivity index (χ0v) is 14.1. The van der Waals surface area contributed by atoms with Gasteiger partial charge in [0, 0.05) is 4.88 Å². The van der Waals surface area contributed by atoms with Crippen LogP contribution in [0, 0.1) is 13.8 Å². The van der Waals surface area contributed by atoms with E-state index in [1.54, 1.807) is 0 Å². The van der Waals surface area contributed by atoms with Crippen molar-refractivity contribution in [2.45, 2.75) is 33.2 Å². The molecule has 1 atom stereocenters. The van der Waals surface area contributed by atoms with Crippen LogP contribution in [-0.2, 0) is 0 Å². The zero-order valence-electron chi connectivity index (χ0n) is 11.7. The number of thiophene rings is 1. The van der Waals surface area contributed by atoms with Crippen LogP contribution in [0.5, 0.6) is 0 Å². The van der Waals surface area contributed by atoms with Crippen molar-refractivity contribution in [3.05, 3.63) is 55.7 Å². The molecule has 0 aliphatic heterocycles. The van der Waals surface area contributed by atoms with Crippen molar-refractivity contribution in [2.75, 3.05) is 6.54 Å². The first kappa shape index (κ1) is 14.8. The van der Waals surface area contributed by atoms with E-state index in [2.05, 4.69) is 72.3 Å². The summed E-state index contributed by atoms with van der Waals surface area (Å²) in [6.45, 7) is 7.59. The molecule has 1 aromatic carbocycles. The Labute approximate surface area is 128 Å². The van der Waals surface area contributed by atoms with Gasteiger partial charge in [0.2, 0.25) is 0 Å². The summed E-state index contributed by atoms with van der Waals surface area (Å²) in [5.74, 6) is 0. The van der Waals surface area contributed by atoms with Crippen LogP contribution in [-0.4, -0.2) is 6.54 Å². The first-order valence-electron chi connectivity index (χ1n) is 6.67. The minimum absolute atomic E-state index is 0.303. The smallest absolute Gasteiger partial charge is 0.0702 e. The summed E-state index contributed by atoms with van der Waals surface area (Å²) in [5, 5.41) is 3.67. The topological polar surface area (TPSA) is 12.0 Å². The van der Waals surface area contributed by atoms with E-state index in [0.29, 0.717) is 6.04 Å². The lowest BCUT2D eigenvalue weighted by Crippen LogP contribution is -2.23. The highest BCUT2D eigenvalue weighted by Crippen LogP contribution is 2.32. The third kappa shape index (κ3) is 3.68. The van der Waals surface area contributed by atoms with Gasteiger partial charge in [-0.2, -0.15) is 0 Å². The van der Waals surface area contributed by atoms with Crippen molar-refractivity contribution in [3.8, 4) is 0 Å². The molecule has 3 heteroatoms. The Morgan fingerprint density at radius 3 is 2.58 bits per heavy atom. The Bertz CT molecular complexity index is 547. The third-order valence-electron chi connectivity index (χ3n) is 3.21. The molecule has 1 N–H and O–H groups in total. The van der Waals surface area contributed by atoms with Crippen molar-refractivity contribution in [3.63, 3.8) is 0 Å². The molecule has 1 nitrogen and oxygen atoms in total. The van der Waals surface area contributed by atoms with Gasteiger partial charge in [-0.3, -0.25) is 0 Å². The highest BCUT2D eigenvalue weighted by Gasteiger charge is 2.17. The number of rotatable bonds is 5. The fraction of sp³-hybridized carbons (Fsp3) is 0.375. The van der Waals surface area contributed by atoms with Gasteiger partial charge in [0.25, 0.3) is 0 Å². The first-order valence-corrected chi connectivity index (χ1v) is 8.28. The predicted molar refractivity (Wildman–Crippen MR) is 88.1 cm³/mol. The highest BCUT2D eigenvalue weighted by molar-refractivity contribution is 9.11. The number of aryl methyl sites for hydroxylation is 2. The second-order valence-corrected chi connectivity index (χ2v) is 7.38. The molecule has 0 saturated heterocycles. The van der Waals surface area contributed by atoms with Gasteiger partial charge < -0.3 is 5.32 Å². The summed E-state index contributed by atoms with van der Waals surface area (Å²) >= 11 is 5.37. The first-order chi connectivity index (χ1) is 9.11. The van der Waals surface area contributed by atoms with Gasteiger partial charge in [0.05, 0.1) is 9.83 Å². The van der Waals surface area contributed by atoms with Crippen molar-refractivity contribution >= 4 is 27.3 Å². The average molecular weight is 338 g/mol. The number of hydrogen-bond acceptors (Lipinski definition) is 2. The lowest BCUT2D eigenvalue weighted by Gasteiger charge is -2.20. The molecule has 0 amide bonds. The molecule has 19 heavy (non-hydrogen) atoms. The summed E-state index contributed by atoms with van der Waals surface area (Å²) in [5.41, 5.74) is 4.06. The molecule has 1 heterocycles. The maximum absolute atomic E-state index is 3.67. The van der Waals surface area contributed by atoms with Gasteiger partial charge in [0.1, 0.15) is 0 Å². The molecule has 0 bridgehead atoms. The molecule has 0 saturated carbocycles. The van der Waals surface area contributed by atoms with Crippen LogP contribution in [0.2, 0.25) is 0 Å². The van der Waals surface area contributed by atoms with Crippen LogP contribution >= 0.6 is 27.3 Å². The van der Waals surface area contributed by atoms with Crippen LogP contribution < -0.4 is 5.32 Å². The number of benzene rings is 1. The minimum atomic E-state index is 0.303. The van der Waals surface area contributed by atoms with Gasteiger partial charge in [-0.1, -0.05) is 30.7 Å². The van der Waals surface area contributed by atoms with E-state index in [4.69, 9.17) is 0 Å². The van der Waals surface area contributed by atoms with Gasteiger partial charge >= 0.3 is 0 Å². The molecule has 0 spiro atoms. The van der Waals surface area contributed by atoms with Crippen LogP contribution in [0.4, 0.5) is 0 Å². The standard InChI is InChI=1S/C16H20BrNS/c1-4-9-18-16(14-7-8-15(17)19-14)13-6-5-11(2)10-12(13)3/h5-8,10,16,18H,4,9H2,1-3H3. The molecule has 2 rings (SSSR count). The molecule has 0 fully saturated rings. The zero-order chi connectivity index (χ0) is 13.8. The summed E-state index contributed by atoms with van der Waals surface area (Å²) in [7, 11) is 0. The van der Waals surface area contributed by atoms with E-state index < -0.39 is 0 Å². The predicted octanol–water partition coefficient (Wildman–Crippen LogP) is 5.22. The van der Waals surface area contributed by atoms with Crippen LogP contribution in [0.25, 0.3) is 0 Å². The molecule has 0 aliphatic carbocycles. The molecule has 1 aromatic heterocycles. The number of nitrogens with one attached hydrogen (secondary N) is 1. The van der Waals surface area contributed by atoms with Crippen LogP contribution in [0.3, 0.4) is 0 Å². The third-order valence-corrected chi connectivity index (χ3v) is 4.90. The van der Waals surface area contributed by atoms with Crippen LogP contribution in [0.15, 0.2) is 34.1 Å². The molecule has 0 radical (unpaired) electrons. The maximum Gasteiger partial charge on any atom is 0.0702 e. The Balaban J connectivity index is 2.36. The fourth-order valence-corrected chi connectivity index (χ4v) is 3.80.